The molecule has 0 spiro atoms. The molecule has 32 heteroatoms. The monoisotopic (exact) mass is 1580 g/mol. The highest BCUT2D eigenvalue weighted by Crippen LogP contribution is 2.45. The molecule has 608 valence electrons. The molecule has 3 aromatic rings. The molecule has 1 fully saturated rings. The number of carboxylic acids is 1. The van der Waals surface area contributed by atoms with Gasteiger partial charge in [0.25, 0.3) is 10.1 Å². The Labute approximate surface area is 648 Å². The highest BCUT2D eigenvalue weighted by molar-refractivity contribution is 7.85. The third kappa shape index (κ3) is 35.2. The van der Waals surface area contributed by atoms with E-state index in [2.05, 4.69) is 26.6 Å². The molecule has 0 unspecified atom stereocenters. The van der Waals surface area contributed by atoms with E-state index in [0.29, 0.717) is 28.3 Å². The topological polar surface area (TPSA) is 420 Å². The Bertz CT molecular complexity index is 3720. The number of aliphatic carboxylic acids is 1. The lowest BCUT2D eigenvalue weighted by Gasteiger charge is -2.29. The zero-order valence-electron chi connectivity index (χ0n) is 64.3. The molecule has 0 aromatic heterocycles. The number of benzene rings is 3. The average Bonchev–Trinajstić information content (AvgIpc) is 1.63. The average molecular weight is 1580 g/mol. The molecule has 2 heterocycles. The second kappa shape index (κ2) is 47.0. The number of cyclic esters (lactones) is 2. The minimum atomic E-state index is -4.19. The number of aryl methyl sites for hydroxylation is 1. The van der Waals surface area contributed by atoms with Crippen LogP contribution >= 0.6 is 11.6 Å². The number of esters is 2. The number of alkyl carbamates (subject to hydrolysis) is 1. The number of amides is 6. The lowest BCUT2D eigenvalue weighted by atomic mass is 9.92. The summed E-state index contributed by atoms with van der Waals surface area (Å²) >= 11 is 6.40. The first-order valence-electron chi connectivity index (χ1n) is 37.1. The van der Waals surface area contributed by atoms with Crippen LogP contribution in [0.4, 0.5) is 10.5 Å². The van der Waals surface area contributed by atoms with Gasteiger partial charge in [0.1, 0.15) is 36.4 Å². The van der Waals surface area contributed by atoms with Crippen LogP contribution in [0.3, 0.4) is 0 Å². The van der Waals surface area contributed by atoms with Gasteiger partial charge in [0, 0.05) is 113 Å². The quantitative estimate of drug-likeness (QED) is 0.00938. The van der Waals surface area contributed by atoms with Crippen LogP contribution in [0.1, 0.15) is 160 Å². The van der Waals surface area contributed by atoms with E-state index in [0.717, 1.165) is 16.7 Å². The number of rotatable bonds is 46. The van der Waals surface area contributed by atoms with Crippen molar-refractivity contribution in [3.63, 3.8) is 0 Å². The molecule has 0 saturated carbocycles. The van der Waals surface area contributed by atoms with Crippen LogP contribution in [0.25, 0.3) is 0 Å². The standard InChI is InChI=1S/C78H109ClN6O24S/c1-49(2)42-65-75(96)107-64(13-10-14-66(89)83-62(45-56-16-15-51(5)61(79)44-56)74(95)81-48-78(8,9)76(97)108-65)53(7)71-72(109-71)57-21-17-54(18-22-57)46-80-77(98)106-47-55-19-23-58(24-20-55)82-73(94)52(6)43-63(88)70(50(3)4)84-67(90)27-31-85(32-28-69(92)93)68(91)26-25-59(86)12-11-33-102-35-37-104-39-40-105-38-36-103-34-29-60(87)30-41-110(99,100)101/h10,14-24,44,49-50,52-53,62,64-65,70-72H,11-13,25-43,45-48H2,1-9H3,(H,80,98)(H,81,95)(H,82,94)(H,83,89)(H,84,90)(H,92,93)(H,99,100,101)/b14-10+/t52-,53+,62-,64+,65+,70+,71-,72-/m1/s1. The van der Waals surface area contributed by atoms with E-state index in [1.54, 1.807) is 71.0 Å². The summed E-state index contributed by atoms with van der Waals surface area (Å²) in [5.74, 6) is -8.59. The van der Waals surface area contributed by atoms with Crippen molar-refractivity contribution in [2.45, 2.75) is 189 Å². The fourth-order valence-corrected chi connectivity index (χ4v) is 12.0. The second-order valence-corrected chi connectivity index (χ2v) is 30.9. The molecule has 0 radical (unpaired) electrons. The molecule has 110 heavy (non-hydrogen) atoms. The normalized spacial score (nSPS) is 18.6. The number of hydrogen-bond acceptors (Lipinski definition) is 22. The Kier molecular flexibility index (Phi) is 39.3. The lowest BCUT2D eigenvalue weighted by Crippen LogP contribution is -2.51. The van der Waals surface area contributed by atoms with E-state index >= 15 is 0 Å². The van der Waals surface area contributed by atoms with Gasteiger partial charge in [0.05, 0.1) is 76.0 Å². The van der Waals surface area contributed by atoms with Gasteiger partial charge >= 0.3 is 24.0 Å². The second-order valence-electron chi connectivity index (χ2n) is 28.9. The fraction of sp³-hybridized carbons (Fsp3) is 0.590. The predicted molar refractivity (Wildman–Crippen MR) is 403 cm³/mol. The number of hydrogen-bond donors (Lipinski definition) is 7. The molecular weight excluding hydrogens is 1470 g/mol. The van der Waals surface area contributed by atoms with E-state index in [-0.39, 0.29) is 179 Å². The Morgan fingerprint density at radius 1 is 0.736 bits per heavy atom. The molecular formula is C78H109ClN6O24S. The van der Waals surface area contributed by atoms with Gasteiger partial charge in [-0.05, 0) is 97.5 Å². The van der Waals surface area contributed by atoms with Crippen molar-refractivity contribution in [2.24, 2.45) is 29.1 Å². The van der Waals surface area contributed by atoms with E-state index in [1.165, 1.54) is 11.0 Å². The number of carbonyl (C=O) groups is 12. The molecule has 2 aliphatic rings. The zero-order chi connectivity index (χ0) is 81.1. The Hall–Kier alpha value is -8.56. The van der Waals surface area contributed by atoms with Crippen LogP contribution in [-0.2, 0) is 120 Å². The van der Waals surface area contributed by atoms with Gasteiger partial charge in [-0.1, -0.05) is 108 Å². The van der Waals surface area contributed by atoms with Gasteiger partial charge in [0.2, 0.25) is 29.5 Å². The highest BCUT2D eigenvalue weighted by atomic mass is 35.5. The maximum atomic E-state index is 14.0. The molecule has 30 nitrogen and oxygen atoms in total. The minimum absolute atomic E-state index is 0.0192. The number of ketones is 3. The maximum absolute atomic E-state index is 14.0. The van der Waals surface area contributed by atoms with E-state index in [1.807, 2.05) is 64.1 Å². The molecule has 7 N–H and O–H groups in total. The summed E-state index contributed by atoms with van der Waals surface area (Å²) in [5.41, 5.74) is 2.87. The first kappa shape index (κ1) is 92.0. The van der Waals surface area contributed by atoms with Crippen molar-refractivity contribution in [3.8, 4) is 0 Å². The van der Waals surface area contributed by atoms with Crippen LogP contribution in [0, 0.1) is 36.0 Å². The van der Waals surface area contributed by atoms with Crippen LogP contribution in [0.2, 0.25) is 5.02 Å². The first-order valence-corrected chi connectivity index (χ1v) is 39.1. The number of carbonyl (C=O) groups excluding carboxylic acids is 11. The summed E-state index contributed by atoms with van der Waals surface area (Å²) in [6.07, 6.45) is -1.33. The minimum Gasteiger partial charge on any atom is -0.481 e. The smallest absolute Gasteiger partial charge is 0.407 e. The summed E-state index contributed by atoms with van der Waals surface area (Å²) in [6, 6.07) is 17.3. The molecule has 5 rings (SSSR count). The summed E-state index contributed by atoms with van der Waals surface area (Å²) in [6.45, 7) is 17.1. The zero-order valence-corrected chi connectivity index (χ0v) is 65.8. The number of epoxide rings is 1. The van der Waals surface area contributed by atoms with Gasteiger partial charge in [-0.3, -0.25) is 52.5 Å². The van der Waals surface area contributed by atoms with Crippen LogP contribution in [0.5, 0.6) is 0 Å². The number of Topliss-reactive ketones (excluding diaryl/α,β-unsaturated/α-hetero) is 3. The van der Waals surface area contributed by atoms with Crippen molar-refractivity contribution >= 4 is 98.3 Å². The fourth-order valence-electron chi connectivity index (χ4n) is 11.3. The van der Waals surface area contributed by atoms with Crippen LogP contribution in [0.15, 0.2) is 78.9 Å². The molecule has 1 saturated heterocycles. The molecule has 2 aliphatic heterocycles. The highest BCUT2D eigenvalue weighted by Gasteiger charge is 2.48. The summed E-state index contributed by atoms with van der Waals surface area (Å²) in [4.78, 5) is 158. The van der Waals surface area contributed by atoms with Crippen LogP contribution < -0.4 is 26.6 Å². The van der Waals surface area contributed by atoms with Crippen LogP contribution in [-0.4, -0.2) is 203 Å². The van der Waals surface area contributed by atoms with E-state index in [4.69, 9.17) is 54.0 Å². The van der Waals surface area contributed by atoms with Gasteiger partial charge in [-0.25, -0.2) is 9.59 Å². The first-order chi connectivity index (χ1) is 52.1. The van der Waals surface area contributed by atoms with E-state index in [9.17, 15) is 71.1 Å². The summed E-state index contributed by atoms with van der Waals surface area (Å²) in [5, 5.41) is 23.7. The van der Waals surface area contributed by atoms with Gasteiger partial charge in [-0.2, -0.15) is 8.42 Å². The summed E-state index contributed by atoms with van der Waals surface area (Å²) < 4.78 is 75.4. The van der Waals surface area contributed by atoms with E-state index < -0.39 is 129 Å². The Morgan fingerprint density at radius 3 is 1.98 bits per heavy atom. The van der Waals surface area contributed by atoms with Gasteiger partial charge in [0.15, 0.2) is 11.9 Å². The Balaban J connectivity index is 1.00. The molecule has 3 aromatic carbocycles. The summed E-state index contributed by atoms with van der Waals surface area (Å²) in [7, 11) is -4.19. The number of nitrogens with zero attached hydrogens (tertiary/aromatic N) is 1. The lowest BCUT2D eigenvalue weighted by molar-refractivity contribution is -0.179. The SMILES string of the molecule is Cc1ccc(C[C@H]2NC(=O)/C=C/C[C@@H]([C@H](C)[C@H]3O[C@@H]3c3ccc(CNC(=O)OCc4ccc(NC(=O)[C@H](C)CC(=O)[C@@H](NC(=O)CCN(CCC(=O)O)C(=O)CCC(=O)CCCOCCOCCOCCOCCC(=O)CCS(=O)(=O)O)C(C)C)cc4)cc3)OC(=O)[C@H](CC(C)C)OC(=O)C(C)(C)CNC2=O)cc1Cl. The number of nitrogens with one attached hydrogen (secondary N) is 5. The number of ether oxygens (including phenoxy) is 8. The maximum Gasteiger partial charge on any atom is 0.407 e. The third-order valence-electron chi connectivity index (χ3n) is 18.1. The van der Waals surface area contributed by atoms with Crippen molar-refractivity contribution < 1.29 is 114 Å². The Morgan fingerprint density at radius 2 is 1.35 bits per heavy atom. The molecule has 0 bridgehead atoms. The van der Waals surface area contributed by atoms with Crippen molar-refractivity contribution in [3.05, 3.63) is 112 Å². The van der Waals surface area contributed by atoms with Gasteiger partial charge in [-0.15, -0.1) is 0 Å². The molecule has 6 amide bonds. The molecule has 0 aliphatic carbocycles. The largest absolute Gasteiger partial charge is 0.481 e. The van der Waals surface area contributed by atoms with Crippen molar-refractivity contribution in [2.75, 3.05) is 83.6 Å². The number of halogens is 1. The van der Waals surface area contributed by atoms with Crippen molar-refractivity contribution in [1.82, 2.24) is 26.2 Å². The molecule has 8 atom stereocenters. The van der Waals surface area contributed by atoms with Gasteiger partial charge < -0.3 is 74.5 Å². The van der Waals surface area contributed by atoms with Crippen molar-refractivity contribution in [1.29, 1.82) is 0 Å². The third-order valence-corrected chi connectivity index (χ3v) is 19.2. The number of carboxylic acid groups (broad SMARTS) is 1. The number of anilines is 1. The predicted octanol–water partition coefficient (Wildman–Crippen LogP) is 7.65.